The summed E-state index contributed by atoms with van der Waals surface area (Å²) >= 11 is 0. The van der Waals surface area contributed by atoms with E-state index in [2.05, 4.69) is 0 Å². The molecule has 2 aliphatic carbocycles. The van der Waals surface area contributed by atoms with Crippen LogP contribution in [0.25, 0.3) is 0 Å². The molecule has 0 aromatic heterocycles. The molecular weight excluding hydrogens is 328 g/mol. The second-order valence-electron chi connectivity index (χ2n) is 6.50. The fourth-order valence-corrected chi connectivity index (χ4v) is 4.30. The summed E-state index contributed by atoms with van der Waals surface area (Å²) in [5.74, 6) is 0.0217. The molecule has 3 rings (SSSR count). The average molecular weight is 352 g/mol. The summed E-state index contributed by atoms with van der Waals surface area (Å²) in [6, 6.07) is 6.85. The van der Waals surface area contributed by atoms with Gasteiger partial charge in [-0.25, -0.2) is 8.42 Å². The molecule has 1 amide bonds. The highest BCUT2D eigenvalue weighted by Crippen LogP contribution is 2.35. The maximum absolute atomic E-state index is 12.9. The third-order valence-corrected chi connectivity index (χ3v) is 6.58. The zero-order chi connectivity index (χ0) is 17.3. The van der Waals surface area contributed by atoms with E-state index in [0.717, 1.165) is 30.2 Å². The molecule has 0 N–H and O–H groups in total. The molecule has 0 unspecified atom stereocenters. The van der Waals surface area contributed by atoms with Gasteiger partial charge in [0.1, 0.15) is 0 Å². The highest BCUT2D eigenvalue weighted by atomic mass is 32.2. The van der Waals surface area contributed by atoms with Crippen LogP contribution in [0.1, 0.15) is 48.9 Å². The fourth-order valence-electron chi connectivity index (χ4n) is 3.33. The van der Waals surface area contributed by atoms with Crippen LogP contribution in [0.4, 0.5) is 0 Å². The Morgan fingerprint density at radius 1 is 1.04 bits per heavy atom. The number of carbonyl (C=O) groups excluding carboxylic acids is 1. The minimum atomic E-state index is -3.69. The average Bonchev–Trinajstić information content (AvgIpc) is 3.28. The molecule has 132 valence electrons. The monoisotopic (exact) mass is 352 g/mol. The second-order valence-corrected chi connectivity index (χ2v) is 8.44. The SMILES string of the molecule is CON(C)S(=O)(=O)c1ccc(C(=O)N(C2CCCC2)C2CC2)cc1. The standard InChI is InChI=1S/C17H24N2O4S/c1-18(23-2)24(21,22)16-11-7-13(8-12-16)17(20)19(15-9-10-15)14-5-3-4-6-14/h7-8,11-12,14-15H,3-6,9-10H2,1-2H3. The largest absolute Gasteiger partial charge is 0.333 e. The molecule has 1 aromatic carbocycles. The Morgan fingerprint density at radius 2 is 1.58 bits per heavy atom. The van der Waals surface area contributed by atoms with Crippen molar-refractivity contribution in [1.29, 1.82) is 0 Å². The predicted molar refractivity (Wildman–Crippen MR) is 89.8 cm³/mol. The number of hydroxylamine groups is 1. The molecular formula is C17H24N2O4S. The van der Waals surface area contributed by atoms with Gasteiger partial charge >= 0.3 is 0 Å². The van der Waals surface area contributed by atoms with Crippen LogP contribution in [-0.2, 0) is 14.9 Å². The van der Waals surface area contributed by atoms with E-state index in [0.29, 0.717) is 17.6 Å². The van der Waals surface area contributed by atoms with Crippen LogP contribution in [0, 0.1) is 0 Å². The van der Waals surface area contributed by atoms with Crippen molar-refractivity contribution >= 4 is 15.9 Å². The van der Waals surface area contributed by atoms with Gasteiger partial charge in [-0.3, -0.25) is 9.63 Å². The Kier molecular flexibility index (Phi) is 4.94. The summed E-state index contributed by atoms with van der Waals surface area (Å²) in [5.41, 5.74) is 0.549. The Hall–Kier alpha value is -1.44. The highest BCUT2D eigenvalue weighted by molar-refractivity contribution is 7.89. The first kappa shape index (κ1) is 17.4. The summed E-state index contributed by atoms with van der Waals surface area (Å²) in [6.45, 7) is 0. The number of carbonyl (C=O) groups is 1. The molecule has 24 heavy (non-hydrogen) atoms. The van der Waals surface area contributed by atoms with Gasteiger partial charge in [-0.05, 0) is 49.9 Å². The first-order valence-electron chi connectivity index (χ1n) is 8.41. The Bertz CT molecular complexity index is 692. The lowest BCUT2D eigenvalue weighted by molar-refractivity contribution is -0.0258. The number of rotatable bonds is 6. The van der Waals surface area contributed by atoms with Crippen LogP contribution in [0.3, 0.4) is 0 Å². The van der Waals surface area contributed by atoms with Crippen molar-refractivity contribution < 1.29 is 18.0 Å². The minimum absolute atomic E-state index is 0.0217. The molecule has 7 heteroatoms. The molecule has 0 saturated heterocycles. The van der Waals surface area contributed by atoms with Gasteiger partial charge in [0, 0.05) is 24.7 Å². The predicted octanol–water partition coefficient (Wildman–Crippen LogP) is 2.42. The molecule has 0 atom stereocenters. The maximum atomic E-state index is 12.9. The second kappa shape index (κ2) is 6.82. The fraction of sp³-hybridized carbons (Fsp3) is 0.588. The van der Waals surface area contributed by atoms with Crippen molar-refractivity contribution in [2.45, 2.75) is 55.5 Å². The van der Waals surface area contributed by atoms with E-state index < -0.39 is 10.0 Å². The van der Waals surface area contributed by atoms with E-state index >= 15 is 0 Å². The number of nitrogens with zero attached hydrogens (tertiary/aromatic N) is 2. The van der Waals surface area contributed by atoms with Crippen LogP contribution in [0.15, 0.2) is 29.2 Å². The van der Waals surface area contributed by atoms with Crippen LogP contribution >= 0.6 is 0 Å². The van der Waals surface area contributed by atoms with Gasteiger partial charge in [0.25, 0.3) is 15.9 Å². The quantitative estimate of drug-likeness (QED) is 0.738. The number of sulfonamides is 1. The first-order valence-corrected chi connectivity index (χ1v) is 9.85. The number of hydrogen-bond acceptors (Lipinski definition) is 4. The minimum Gasteiger partial charge on any atom is -0.333 e. The lowest BCUT2D eigenvalue weighted by atomic mass is 10.1. The molecule has 2 saturated carbocycles. The smallest absolute Gasteiger partial charge is 0.264 e. The van der Waals surface area contributed by atoms with Gasteiger partial charge in [0.15, 0.2) is 0 Å². The Labute approximate surface area is 143 Å². The number of benzene rings is 1. The van der Waals surface area contributed by atoms with Crippen LogP contribution in [0.5, 0.6) is 0 Å². The lowest BCUT2D eigenvalue weighted by Gasteiger charge is -2.29. The molecule has 0 heterocycles. The summed E-state index contributed by atoms with van der Waals surface area (Å²) in [7, 11) is -1.05. The van der Waals surface area contributed by atoms with E-state index in [1.165, 1.54) is 39.1 Å². The molecule has 6 nitrogen and oxygen atoms in total. The van der Waals surface area contributed by atoms with E-state index in [1.807, 2.05) is 4.90 Å². The summed E-state index contributed by atoms with van der Waals surface area (Å²) in [4.78, 5) is 19.8. The van der Waals surface area contributed by atoms with Crippen LogP contribution in [-0.4, -0.2) is 49.9 Å². The molecule has 0 radical (unpaired) electrons. The molecule has 0 aliphatic heterocycles. The first-order chi connectivity index (χ1) is 11.4. The van der Waals surface area contributed by atoms with Gasteiger partial charge in [-0.1, -0.05) is 17.3 Å². The Balaban J connectivity index is 1.80. The molecule has 0 bridgehead atoms. The third kappa shape index (κ3) is 3.34. The van der Waals surface area contributed by atoms with Crippen molar-refractivity contribution in [2.24, 2.45) is 0 Å². The lowest BCUT2D eigenvalue weighted by Crippen LogP contribution is -2.40. The summed E-state index contributed by atoms with van der Waals surface area (Å²) < 4.78 is 25.2. The topological polar surface area (TPSA) is 66.9 Å². The van der Waals surface area contributed by atoms with Gasteiger partial charge < -0.3 is 4.90 Å². The van der Waals surface area contributed by atoms with E-state index in [4.69, 9.17) is 4.84 Å². The van der Waals surface area contributed by atoms with Gasteiger partial charge in [-0.15, -0.1) is 0 Å². The van der Waals surface area contributed by atoms with Gasteiger partial charge in [0.05, 0.1) is 12.0 Å². The zero-order valence-corrected chi connectivity index (χ0v) is 15.0. The van der Waals surface area contributed by atoms with E-state index in [1.54, 1.807) is 12.1 Å². The van der Waals surface area contributed by atoms with Crippen molar-refractivity contribution in [3.8, 4) is 0 Å². The zero-order valence-electron chi connectivity index (χ0n) is 14.1. The number of amides is 1. The Morgan fingerprint density at radius 3 is 2.08 bits per heavy atom. The van der Waals surface area contributed by atoms with E-state index in [9.17, 15) is 13.2 Å². The molecule has 1 aromatic rings. The highest BCUT2D eigenvalue weighted by Gasteiger charge is 2.38. The van der Waals surface area contributed by atoms with Crippen LogP contribution < -0.4 is 0 Å². The van der Waals surface area contributed by atoms with Crippen LogP contribution in [0.2, 0.25) is 0 Å². The van der Waals surface area contributed by atoms with E-state index in [-0.39, 0.29) is 10.8 Å². The molecule has 2 aliphatic rings. The van der Waals surface area contributed by atoms with Gasteiger partial charge in [0.2, 0.25) is 0 Å². The number of hydrogen-bond donors (Lipinski definition) is 0. The third-order valence-electron chi connectivity index (χ3n) is 4.89. The summed E-state index contributed by atoms with van der Waals surface area (Å²) in [6.07, 6.45) is 6.67. The van der Waals surface area contributed by atoms with Gasteiger partial charge in [-0.2, -0.15) is 0 Å². The summed E-state index contributed by atoms with van der Waals surface area (Å²) in [5, 5.41) is 0. The molecule has 2 fully saturated rings. The van der Waals surface area contributed by atoms with Crippen molar-refractivity contribution in [3.63, 3.8) is 0 Å². The maximum Gasteiger partial charge on any atom is 0.264 e. The normalized spacial score (nSPS) is 19.0. The van der Waals surface area contributed by atoms with Crippen molar-refractivity contribution in [2.75, 3.05) is 14.2 Å². The molecule has 0 spiro atoms. The van der Waals surface area contributed by atoms with Crippen molar-refractivity contribution in [1.82, 2.24) is 9.37 Å². The van der Waals surface area contributed by atoms with Crippen molar-refractivity contribution in [3.05, 3.63) is 29.8 Å².